The summed E-state index contributed by atoms with van der Waals surface area (Å²) in [4.78, 5) is 9.31. The summed E-state index contributed by atoms with van der Waals surface area (Å²) in [7, 11) is 0. The molecule has 0 unspecified atom stereocenters. The van der Waals surface area contributed by atoms with Crippen LogP contribution in [0.4, 0.5) is 5.95 Å². The molecule has 29 heavy (non-hydrogen) atoms. The van der Waals surface area contributed by atoms with Crippen LogP contribution < -0.4 is 14.8 Å². The highest BCUT2D eigenvalue weighted by molar-refractivity contribution is 5.69. The van der Waals surface area contributed by atoms with Crippen LogP contribution in [-0.2, 0) is 0 Å². The number of aromatic nitrogens is 2. The van der Waals surface area contributed by atoms with Crippen LogP contribution in [0.3, 0.4) is 0 Å². The third-order valence-electron chi connectivity index (χ3n) is 5.90. The molecule has 0 radical (unpaired) electrons. The lowest BCUT2D eigenvalue weighted by Crippen LogP contribution is -2.27. The smallest absolute Gasteiger partial charge is 0.226 e. The lowest BCUT2D eigenvalue weighted by atomic mass is 9.87. The SMILES string of the molecule is CC1CCC(Nc2ncc(-c3ccc(OCC#N)cc3)c(OC3CCC3)n2)CC1. The van der Waals surface area contributed by atoms with E-state index in [0.717, 1.165) is 42.7 Å². The monoisotopic (exact) mass is 392 g/mol. The van der Waals surface area contributed by atoms with Gasteiger partial charge in [-0.05, 0) is 68.6 Å². The van der Waals surface area contributed by atoms with E-state index in [4.69, 9.17) is 19.7 Å². The summed E-state index contributed by atoms with van der Waals surface area (Å²) in [5.41, 5.74) is 1.85. The van der Waals surface area contributed by atoms with Crippen LogP contribution in [0, 0.1) is 17.2 Å². The van der Waals surface area contributed by atoms with Gasteiger partial charge in [-0.15, -0.1) is 0 Å². The van der Waals surface area contributed by atoms with Crippen LogP contribution in [0.15, 0.2) is 30.5 Å². The van der Waals surface area contributed by atoms with E-state index in [2.05, 4.69) is 17.2 Å². The zero-order valence-corrected chi connectivity index (χ0v) is 16.9. The lowest BCUT2D eigenvalue weighted by Gasteiger charge is -2.28. The molecule has 1 heterocycles. The van der Waals surface area contributed by atoms with Crippen molar-refractivity contribution in [2.24, 2.45) is 5.92 Å². The fourth-order valence-electron chi connectivity index (χ4n) is 3.80. The Morgan fingerprint density at radius 3 is 2.52 bits per heavy atom. The number of rotatable bonds is 7. The maximum atomic E-state index is 8.65. The van der Waals surface area contributed by atoms with E-state index in [1.807, 2.05) is 36.5 Å². The molecule has 2 aliphatic carbocycles. The summed E-state index contributed by atoms with van der Waals surface area (Å²) in [6.45, 7) is 2.36. The molecule has 152 valence electrons. The second-order valence-electron chi connectivity index (χ2n) is 8.16. The van der Waals surface area contributed by atoms with Crippen molar-refractivity contribution in [2.45, 2.75) is 64.0 Å². The molecule has 1 aromatic heterocycles. The lowest BCUT2D eigenvalue weighted by molar-refractivity contribution is 0.115. The van der Waals surface area contributed by atoms with Crippen molar-refractivity contribution in [1.82, 2.24) is 9.97 Å². The molecule has 0 bridgehead atoms. The molecular formula is C23H28N4O2. The number of nitriles is 1. The summed E-state index contributed by atoms with van der Waals surface area (Å²) < 4.78 is 11.6. The van der Waals surface area contributed by atoms with E-state index >= 15 is 0 Å². The van der Waals surface area contributed by atoms with Crippen molar-refractivity contribution in [2.75, 3.05) is 11.9 Å². The van der Waals surface area contributed by atoms with Gasteiger partial charge < -0.3 is 14.8 Å². The molecule has 4 rings (SSSR count). The predicted molar refractivity (Wildman–Crippen MR) is 112 cm³/mol. The highest BCUT2D eigenvalue weighted by Crippen LogP contribution is 2.34. The maximum absolute atomic E-state index is 8.65. The Labute approximate surface area is 172 Å². The van der Waals surface area contributed by atoms with Crippen LogP contribution in [0.1, 0.15) is 51.9 Å². The van der Waals surface area contributed by atoms with Crippen molar-refractivity contribution in [3.63, 3.8) is 0 Å². The van der Waals surface area contributed by atoms with Gasteiger partial charge in [-0.3, -0.25) is 0 Å². The average Bonchev–Trinajstić information content (AvgIpc) is 2.71. The largest absolute Gasteiger partial charge is 0.479 e. The minimum absolute atomic E-state index is 0.0405. The second-order valence-corrected chi connectivity index (χ2v) is 8.16. The Kier molecular flexibility index (Phi) is 6.14. The van der Waals surface area contributed by atoms with Gasteiger partial charge in [0, 0.05) is 12.2 Å². The van der Waals surface area contributed by atoms with Crippen LogP contribution in [0.25, 0.3) is 11.1 Å². The third-order valence-corrected chi connectivity index (χ3v) is 5.90. The van der Waals surface area contributed by atoms with Crippen LogP contribution in [0.2, 0.25) is 0 Å². The van der Waals surface area contributed by atoms with E-state index in [1.54, 1.807) is 0 Å². The van der Waals surface area contributed by atoms with Crippen molar-refractivity contribution >= 4 is 5.95 Å². The molecule has 0 aliphatic heterocycles. The van der Waals surface area contributed by atoms with Crippen molar-refractivity contribution < 1.29 is 9.47 Å². The first-order valence-corrected chi connectivity index (χ1v) is 10.6. The number of benzene rings is 1. The first-order valence-electron chi connectivity index (χ1n) is 10.6. The van der Waals surface area contributed by atoms with E-state index in [0.29, 0.717) is 23.6 Å². The molecule has 0 saturated heterocycles. The average molecular weight is 393 g/mol. The number of nitrogens with one attached hydrogen (secondary N) is 1. The second kappa shape index (κ2) is 9.13. The molecule has 2 saturated carbocycles. The minimum atomic E-state index is 0.0405. The van der Waals surface area contributed by atoms with Gasteiger partial charge in [0.15, 0.2) is 6.61 Å². The summed E-state index contributed by atoms with van der Waals surface area (Å²) in [6.07, 6.45) is 10.3. The van der Waals surface area contributed by atoms with Crippen LogP contribution in [-0.4, -0.2) is 28.7 Å². The molecule has 2 fully saturated rings. The zero-order chi connectivity index (χ0) is 20.1. The normalized spacial score (nSPS) is 21.7. The number of ether oxygens (including phenoxy) is 2. The standard InChI is InChI=1S/C23H28N4O2/c1-16-5-9-18(10-6-16)26-23-25-15-21(22(27-23)29-20-3-2-4-20)17-7-11-19(12-8-17)28-14-13-24/h7-8,11-12,15-16,18,20H,2-6,9-10,14H2,1H3,(H,25,26,27). The molecule has 2 aliphatic rings. The molecule has 0 atom stereocenters. The fraction of sp³-hybridized carbons (Fsp3) is 0.522. The molecule has 1 aromatic carbocycles. The van der Waals surface area contributed by atoms with E-state index in [-0.39, 0.29) is 12.7 Å². The first kappa shape index (κ1) is 19.5. The van der Waals surface area contributed by atoms with E-state index < -0.39 is 0 Å². The van der Waals surface area contributed by atoms with Gasteiger partial charge in [-0.1, -0.05) is 19.1 Å². The number of hydrogen-bond acceptors (Lipinski definition) is 6. The number of anilines is 1. The predicted octanol–water partition coefficient (Wildman–Crippen LogP) is 4.97. The quantitative estimate of drug-likeness (QED) is 0.717. The highest BCUT2D eigenvalue weighted by Gasteiger charge is 2.23. The van der Waals surface area contributed by atoms with Gasteiger partial charge in [0.1, 0.15) is 17.9 Å². The number of nitrogens with zero attached hydrogens (tertiary/aromatic N) is 3. The summed E-state index contributed by atoms with van der Waals surface area (Å²) in [5, 5.41) is 12.2. The Bertz CT molecular complexity index is 850. The Morgan fingerprint density at radius 1 is 1.10 bits per heavy atom. The van der Waals surface area contributed by atoms with Gasteiger partial charge in [-0.25, -0.2) is 4.98 Å². The van der Waals surface area contributed by atoms with E-state index in [1.165, 1.54) is 19.3 Å². The summed E-state index contributed by atoms with van der Waals surface area (Å²) in [5.74, 6) is 2.77. The van der Waals surface area contributed by atoms with Gasteiger partial charge in [0.05, 0.1) is 5.56 Å². The van der Waals surface area contributed by atoms with E-state index in [9.17, 15) is 0 Å². The first-order chi connectivity index (χ1) is 14.2. The third kappa shape index (κ3) is 4.97. The summed E-state index contributed by atoms with van der Waals surface area (Å²) >= 11 is 0. The topological polar surface area (TPSA) is 80.1 Å². The van der Waals surface area contributed by atoms with Gasteiger partial charge in [-0.2, -0.15) is 10.2 Å². The van der Waals surface area contributed by atoms with Gasteiger partial charge >= 0.3 is 0 Å². The van der Waals surface area contributed by atoms with Crippen molar-refractivity contribution in [1.29, 1.82) is 5.26 Å². The van der Waals surface area contributed by atoms with Crippen LogP contribution >= 0.6 is 0 Å². The van der Waals surface area contributed by atoms with Crippen molar-refractivity contribution in [3.8, 4) is 28.8 Å². The van der Waals surface area contributed by atoms with Gasteiger partial charge in [0.25, 0.3) is 0 Å². The molecule has 2 aromatic rings. The Hall–Kier alpha value is -2.81. The molecule has 1 N–H and O–H groups in total. The minimum Gasteiger partial charge on any atom is -0.479 e. The molecular weight excluding hydrogens is 364 g/mol. The maximum Gasteiger partial charge on any atom is 0.226 e. The molecule has 6 nitrogen and oxygen atoms in total. The highest BCUT2D eigenvalue weighted by atomic mass is 16.5. The van der Waals surface area contributed by atoms with Crippen molar-refractivity contribution in [3.05, 3.63) is 30.5 Å². The number of hydrogen-bond donors (Lipinski definition) is 1. The van der Waals surface area contributed by atoms with Gasteiger partial charge in [0.2, 0.25) is 11.8 Å². The zero-order valence-electron chi connectivity index (χ0n) is 16.9. The van der Waals surface area contributed by atoms with Crippen LogP contribution in [0.5, 0.6) is 11.6 Å². The summed E-state index contributed by atoms with van der Waals surface area (Å²) in [6, 6.07) is 10.0. The molecule has 6 heteroatoms. The molecule has 0 spiro atoms. The molecule has 0 amide bonds. The Balaban J connectivity index is 1.53. The Morgan fingerprint density at radius 2 is 1.86 bits per heavy atom. The fourth-order valence-corrected chi connectivity index (χ4v) is 3.80.